The van der Waals surface area contributed by atoms with Crippen LogP contribution in [0, 0.1) is 0 Å². The van der Waals surface area contributed by atoms with Crippen LogP contribution in [0.1, 0.15) is 44.1 Å². The second-order valence-corrected chi connectivity index (χ2v) is 7.89. The van der Waals surface area contributed by atoms with Crippen LogP contribution >= 0.6 is 24.8 Å². The van der Waals surface area contributed by atoms with Gasteiger partial charge in [0.2, 0.25) is 11.8 Å². The van der Waals surface area contributed by atoms with E-state index in [4.69, 9.17) is 5.73 Å². The molecule has 0 atom stereocenters. The van der Waals surface area contributed by atoms with E-state index in [0.29, 0.717) is 13.0 Å². The summed E-state index contributed by atoms with van der Waals surface area (Å²) in [4.78, 5) is 31.3. The number of unbranched alkanes of at least 4 members (excludes halogenated alkanes) is 3. The van der Waals surface area contributed by atoms with E-state index in [1.807, 2.05) is 21.9 Å². The first-order valence-electron chi connectivity index (χ1n) is 10.8. The first kappa shape index (κ1) is 26.7. The summed E-state index contributed by atoms with van der Waals surface area (Å²) in [6.07, 6.45) is 6.89. The fourth-order valence-electron chi connectivity index (χ4n) is 4.16. The molecule has 1 aromatic rings. The topological polar surface area (TPSA) is 69.9 Å². The second-order valence-electron chi connectivity index (χ2n) is 7.89. The molecule has 0 spiro atoms. The molecule has 2 aliphatic rings. The van der Waals surface area contributed by atoms with Crippen molar-refractivity contribution in [3.05, 3.63) is 29.8 Å². The molecule has 2 aliphatic heterocycles. The fraction of sp³-hybridized carbons (Fsp3) is 0.636. The number of aryl methyl sites for hydroxylation is 1. The fourth-order valence-corrected chi connectivity index (χ4v) is 4.16. The number of nitrogens with two attached hydrogens (primary N) is 1. The molecule has 6 nitrogen and oxygen atoms in total. The standard InChI is InChI=1S/C22H34N4O2.2ClH/c23-12-6-2-1-3-11-21(27)25-16-14-24(15-17-25)18-22(28)26-13-7-9-19-8-4-5-10-20(19)26;;/h4-5,8,10H,1-3,6-7,9,11-18,23H2;2*1H. The monoisotopic (exact) mass is 458 g/mol. The maximum absolute atomic E-state index is 12.9. The summed E-state index contributed by atoms with van der Waals surface area (Å²) in [5, 5.41) is 0. The van der Waals surface area contributed by atoms with E-state index in [2.05, 4.69) is 17.0 Å². The Morgan fingerprint density at radius 3 is 2.30 bits per heavy atom. The van der Waals surface area contributed by atoms with Crippen molar-refractivity contribution in [2.45, 2.75) is 44.9 Å². The van der Waals surface area contributed by atoms with Crippen LogP contribution in [0.15, 0.2) is 24.3 Å². The Morgan fingerprint density at radius 1 is 0.867 bits per heavy atom. The van der Waals surface area contributed by atoms with Gasteiger partial charge >= 0.3 is 0 Å². The molecule has 1 saturated heterocycles. The van der Waals surface area contributed by atoms with Gasteiger partial charge in [-0.25, -0.2) is 0 Å². The highest BCUT2D eigenvalue weighted by Gasteiger charge is 2.26. The molecule has 8 heteroatoms. The van der Waals surface area contributed by atoms with Crippen molar-refractivity contribution in [3.8, 4) is 0 Å². The molecular formula is C22H36Cl2N4O2. The van der Waals surface area contributed by atoms with Gasteiger partial charge in [0, 0.05) is 44.8 Å². The third-order valence-corrected chi connectivity index (χ3v) is 5.84. The zero-order chi connectivity index (χ0) is 19.8. The van der Waals surface area contributed by atoms with Crippen LogP contribution in [0.3, 0.4) is 0 Å². The largest absolute Gasteiger partial charge is 0.340 e. The third kappa shape index (κ3) is 7.41. The number of fused-ring (bicyclic) bond motifs is 1. The van der Waals surface area contributed by atoms with E-state index in [9.17, 15) is 9.59 Å². The molecule has 2 heterocycles. The number of benzene rings is 1. The Labute approximate surface area is 193 Å². The van der Waals surface area contributed by atoms with E-state index in [0.717, 1.165) is 83.5 Å². The Balaban J connectivity index is 0.00000225. The zero-order valence-corrected chi connectivity index (χ0v) is 19.4. The minimum Gasteiger partial charge on any atom is -0.340 e. The predicted octanol–water partition coefficient (Wildman–Crippen LogP) is 2.86. The van der Waals surface area contributed by atoms with Crippen LogP contribution in [0.5, 0.6) is 0 Å². The first-order chi connectivity index (χ1) is 13.7. The van der Waals surface area contributed by atoms with E-state index >= 15 is 0 Å². The number of hydrogen-bond donors (Lipinski definition) is 1. The van der Waals surface area contributed by atoms with Gasteiger partial charge in [0.25, 0.3) is 0 Å². The van der Waals surface area contributed by atoms with Crippen LogP contribution in [0.25, 0.3) is 0 Å². The summed E-state index contributed by atoms with van der Waals surface area (Å²) in [6, 6.07) is 8.22. The van der Waals surface area contributed by atoms with Gasteiger partial charge in [0.05, 0.1) is 6.54 Å². The normalized spacial score (nSPS) is 16.3. The summed E-state index contributed by atoms with van der Waals surface area (Å²) in [5.41, 5.74) is 7.84. The van der Waals surface area contributed by atoms with Crippen molar-refractivity contribution in [2.24, 2.45) is 5.73 Å². The number of carbonyl (C=O) groups is 2. The molecule has 30 heavy (non-hydrogen) atoms. The van der Waals surface area contributed by atoms with Crippen LogP contribution in [-0.2, 0) is 16.0 Å². The molecular weight excluding hydrogens is 423 g/mol. The van der Waals surface area contributed by atoms with Gasteiger partial charge in [-0.3, -0.25) is 14.5 Å². The molecule has 0 aromatic heterocycles. The van der Waals surface area contributed by atoms with Crippen LogP contribution in [0.4, 0.5) is 5.69 Å². The predicted molar refractivity (Wildman–Crippen MR) is 127 cm³/mol. The van der Waals surface area contributed by atoms with Gasteiger partial charge in [-0.2, -0.15) is 0 Å². The van der Waals surface area contributed by atoms with Crippen molar-refractivity contribution in [2.75, 3.05) is 50.7 Å². The highest BCUT2D eigenvalue weighted by Crippen LogP contribution is 2.26. The number of rotatable bonds is 8. The quantitative estimate of drug-likeness (QED) is 0.607. The first-order valence-corrected chi connectivity index (χ1v) is 10.8. The van der Waals surface area contributed by atoms with Crippen LogP contribution < -0.4 is 10.6 Å². The van der Waals surface area contributed by atoms with E-state index in [-0.39, 0.29) is 36.6 Å². The number of piperazine rings is 1. The molecule has 2 amide bonds. The number of para-hydroxylation sites is 1. The Morgan fingerprint density at radius 2 is 1.57 bits per heavy atom. The number of amides is 2. The Kier molecular flexibility index (Phi) is 12.3. The summed E-state index contributed by atoms with van der Waals surface area (Å²) in [7, 11) is 0. The number of nitrogens with zero attached hydrogens (tertiary/aromatic N) is 3. The van der Waals surface area contributed by atoms with Gasteiger partial charge in [0.1, 0.15) is 0 Å². The van der Waals surface area contributed by atoms with E-state index in [1.165, 1.54) is 5.56 Å². The summed E-state index contributed by atoms with van der Waals surface area (Å²) in [6.45, 7) is 4.99. The molecule has 0 bridgehead atoms. The SMILES string of the molecule is Cl.Cl.NCCCCCCC(=O)N1CCN(CC(=O)N2CCCc3ccccc32)CC1. The molecule has 0 aliphatic carbocycles. The minimum atomic E-state index is 0. The average Bonchev–Trinajstić information content (AvgIpc) is 2.73. The molecule has 170 valence electrons. The molecule has 1 fully saturated rings. The van der Waals surface area contributed by atoms with Crippen molar-refractivity contribution in [3.63, 3.8) is 0 Å². The highest BCUT2D eigenvalue weighted by molar-refractivity contribution is 5.96. The molecule has 1 aromatic carbocycles. The highest BCUT2D eigenvalue weighted by atomic mass is 35.5. The molecule has 0 radical (unpaired) electrons. The van der Waals surface area contributed by atoms with Crippen LogP contribution in [0.2, 0.25) is 0 Å². The van der Waals surface area contributed by atoms with Crippen molar-refractivity contribution in [1.82, 2.24) is 9.80 Å². The van der Waals surface area contributed by atoms with Gasteiger partial charge in [0.15, 0.2) is 0 Å². The lowest BCUT2D eigenvalue weighted by molar-refractivity contribution is -0.133. The lowest BCUT2D eigenvalue weighted by Crippen LogP contribution is -2.52. The molecule has 0 unspecified atom stereocenters. The van der Waals surface area contributed by atoms with Crippen LogP contribution in [-0.4, -0.2) is 67.4 Å². The lowest BCUT2D eigenvalue weighted by atomic mass is 10.0. The lowest BCUT2D eigenvalue weighted by Gasteiger charge is -2.36. The Bertz CT molecular complexity index is 666. The second kappa shape index (κ2) is 13.9. The zero-order valence-electron chi connectivity index (χ0n) is 17.8. The number of anilines is 1. The number of halogens is 2. The van der Waals surface area contributed by atoms with Gasteiger partial charge in [-0.05, 0) is 43.9 Å². The number of carbonyl (C=O) groups excluding carboxylic acids is 2. The van der Waals surface area contributed by atoms with Crippen molar-refractivity contribution in [1.29, 1.82) is 0 Å². The van der Waals surface area contributed by atoms with Crippen molar-refractivity contribution < 1.29 is 9.59 Å². The van der Waals surface area contributed by atoms with Crippen molar-refractivity contribution >= 4 is 42.3 Å². The summed E-state index contributed by atoms with van der Waals surface area (Å²) in [5.74, 6) is 0.426. The summed E-state index contributed by atoms with van der Waals surface area (Å²) < 4.78 is 0. The minimum absolute atomic E-state index is 0. The maximum atomic E-state index is 12.9. The number of hydrogen-bond acceptors (Lipinski definition) is 4. The molecule has 0 saturated carbocycles. The molecule has 3 rings (SSSR count). The van der Waals surface area contributed by atoms with Gasteiger partial charge in [-0.15, -0.1) is 24.8 Å². The molecule has 2 N–H and O–H groups in total. The van der Waals surface area contributed by atoms with Gasteiger partial charge in [-0.1, -0.05) is 31.0 Å². The third-order valence-electron chi connectivity index (χ3n) is 5.84. The maximum Gasteiger partial charge on any atom is 0.241 e. The Hall–Kier alpha value is -1.34. The smallest absolute Gasteiger partial charge is 0.241 e. The van der Waals surface area contributed by atoms with E-state index < -0.39 is 0 Å². The summed E-state index contributed by atoms with van der Waals surface area (Å²) >= 11 is 0. The van der Waals surface area contributed by atoms with Gasteiger partial charge < -0.3 is 15.5 Å². The average molecular weight is 459 g/mol. The van der Waals surface area contributed by atoms with E-state index in [1.54, 1.807) is 0 Å².